The van der Waals surface area contributed by atoms with Gasteiger partial charge in [0.1, 0.15) is 6.61 Å². The highest BCUT2D eigenvalue weighted by Gasteiger charge is 1.98. The average Bonchev–Trinajstić information content (AvgIpc) is 2.28. The van der Waals surface area contributed by atoms with Crippen molar-refractivity contribution in [3.05, 3.63) is 48.2 Å². The maximum atomic E-state index is 5.55. The molecule has 1 rings (SSSR count). The summed E-state index contributed by atoms with van der Waals surface area (Å²) in [7, 11) is 0. The largest absolute Gasteiger partial charge is 0.473 e. The lowest BCUT2D eigenvalue weighted by Crippen LogP contribution is -2.01. The molecule has 0 atom stereocenters. The zero-order valence-corrected chi connectivity index (χ0v) is 10.1. The second-order valence-corrected chi connectivity index (χ2v) is 3.66. The molecule has 1 aromatic heterocycles. The lowest BCUT2D eigenvalue weighted by molar-refractivity contribution is 0.340. The Morgan fingerprint density at radius 1 is 1.50 bits per heavy atom. The third kappa shape index (κ3) is 4.30. The number of hydrogen-bond acceptors (Lipinski definition) is 2. The summed E-state index contributed by atoms with van der Waals surface area (Å²) in [6.45, 7) is 8.48. The topological polar surface area (TPSA) is 22.1 Å². The number of pyridine rings is 1. The van der Waals surface area contributed by atoms with Crippen molar-refractivity contribution in [3.8, 4) is 5.88 Å². The van der Waals surface area contributed by atoms with Crippen LogP contribution >= 0.6 is 0 Å². The van der Waals surface area contributed by atoms with Crippen LogP contribution in [-0.2, 0) is 6.42 Å². The van der Waals surface area contributed by atoms with Gasteiger partial charge in [0, 0.05) is 11.8 Å². The highest BCUT2D eigenvalue weighted by molar-refractivity contribution is 5.19. The van der Waals surface area contributed by atoms with Crippen LogP contribution in [0, 0.1) is 0 Å². The van der Waals surface area contributed by atoms with Crippen LogP contribution < -0.4 is 4.74 Å². The molecule has 0 saturated carbocycles. The fourth-order valence-corrected chi connectivity index (χ4v) is 1.38. The standard InChI is InChI=1S/C14H19NO/c1-4-7-12(3)11-16-14-10-6-9-13(15-14)8-5-2/h4,6-7,9-10H,3,5,8,11H2,1-2H3/b7-4-. The maximum absolute atomic E-state index is 5.55. The monoisotopic (exact) mass is 217 g/mol. The van der Waals surface area contributed by atoms with Crippen molar-refractivity contribution < 1.29 is 4.74 Å². The molecule has 2 nitrogen and oxygen atoms in total. The molecule has 0 radical (unpaired) electrons. The Morgan fingerprint density at radius 2 is 2.31 bits per heavy atom. The Labute approximate surface area is 97.7 Å². The van der Waals surface area contributed by atoms with Gasteiger partial charge in [-0.25, -0.2) is 4.98 Å². The van der Waals surface area contributed by atoms with E-state index in [0.717, 1.165) is 24.1 Å². The third-order valence-electron chi connectivity index (χ3n) is 2.10. The summed E-state index contributed by atoms with van der Waals surface area (Å²) in [4.78, 5) is 4.41. The van der Waals surface area contributed by atoms with Crippen LogP contribution in [0.2, 0.25) is 0 Å². The van der Waals surface area contributed by atoms with Gasteiger partial charge < -0.3 is 4.74 Å². The van der Waals surface area contributed by atoms with Gasteiger partial charge in [-0.2, -0.15) is 0 Å². The van der Waals surface area contributed by atoms with Crippen molar-refractivity contribution in [2.45, 2.75) is 26.7 Å². The summed E-state index contributed by atoms with van der Waals surface area (Å²) >= 11 is 0. The van der Waals surface area contributed by atoms with Crippen LogP contribution in [0.3, 0.4) is 0 Å². The Morgan fingerprint density at radius 3 is 3.00 bits per heavy atom. The van der Waals surface area contributed by atoms with E-state index in [1.165, 1.54) is 0 Å². The summed E-state index contributed by atoms with van der Waals surface area (Å²) in [5.74, 6) is 0.677. The molecule has 0 spiro atoms. The van der Waals surface area contributed by atoms with Gasteiger partial charge in [-0.15, -0.1) is 0 Å². The number of nitrogens with zero attached hydrogens (tertiary/aromatic N) is 1. The van der Waals surface area contributed by atoms with Crippen LogP contribution in [-0.4, -0.2) is 11.6 Å². The molecule has 0 aliphatic carbocycles. The SMILES string of the molecule is C=C(/C=C\C)COc1cccc(CCC)n1. The van der Waals surface area contributed by atoms with Gasteiger partial charge >= 0.3 is 0 Å². The van der Waals surface area contributed by atoms with Gasteiger partial charge in [0.25, 0.3) is 0 Å². The smallest absolute Gasteiger partial charge is 0.213 e. The second-order valence-electron chi connectivity index (χ2n) is 3.66. The summed E-state index contributed by atoms with van der Waals surface area (Å²) in [6.07, 6.45) is 5.98. The molecule has 0 saturated heterocycles. The normalized spacial score (nSPS) is 10.6. The summed E-state index contributed by atoms with van der Waals surface area (Å²) in [5, 5.41) is 0. The number of aromatic nitrogens is 1. The van der Waals surface area contributed by atoms with Crippen LogP contribution in [0.15, 0.2) is 42.5 Å². The fourth-order valence-electron chi connectivity index (χ4n) is 1.38. The van der Waals surface area contributed by atoms with Crippen LogP contribution in [0.4, 0.5) is 0 Å². The molecule has 2 heteroatoms. The van der Waals surface area contributed by atoms with Gasteiger partial charge in [-0.05, 0) is 25.0 Å². The minimum atomic E-state index is 0.493. The molecule has 0 unspecified atom stereocenters. The molecule has 0 N–H and O–H groups in total. The number of rotatable bonds is 6. The zero-order chi connectivity index (χ0) is 11.8. The van der Waals surface area contributed by atoms with Gasteiger partial charge in [0.2, 0.25) is 5.88 Å². The first-order valence-electron chi connectivity index (χ1n) is 5.65. The van der Waals surface area contributed by atoms with Crippen molar-refractivity contribution in [1.82, 2.24) is 4.98 Å². The molecule has 0 fully saturated rings. The van der Waals surface area contributed by atoms with E-state index >= 15 is 0 Å². The van der Waals surface area contributed by atoms with E-state index in [0.29, 0.717) is 12.5 Å². The zero-order valence-electron chi connectivity index (χ0n) is 10.1. The minimum Gasteiger partial charge on any atom is -0.473 e. The van der Waals surface area contributed by atoms with Crippen molar-refractivity contribution >= 4 is 0 Å². The van der Waals surface area contributed by atoms with Crippen LogP contribution in [0.25, 0.3) is 0 Å². The molecular weight excluding hydrogens is 198 g/mol. The molecule has 16 heavy (non-hydrogen) atoms. The van der Waals surface area contributed by atoms with Crippen molar-refractivity contribution in [2.75, 3.05) is 6.61 Å². The van der Waals surface area contributed by atoms with E-state index in [2.05, 4.69) is 18.5 Å². The van der Waals surface area contributed by atoms with E-state index in [4.69, 9.17) is 4.74 Å². The van der Waals surface area contributed by atoms with Crippen LogP contribution in [0.5, 0.6) is 5.88 Å². The summed E-state index contributed by atoms with van der Waals surface area (Å²) < 4.78 is 5.55. The predicted octanol–water partition coefficient (Wildman–Crippen LogP) is 3.55. The Bertz CT molecular complexity index is 369. The molecule has 0 amide bonds. The van der Waals surface area contributed by atoms with Crippen molar-refractivity contribution in [3.63, 3.8) is 0 Å². The lowest BCUT2D eigenvalue weighted by Gasteiger charge is -2.06. The Balaban J connectivity index is 2.53. The lowest BCUT2D eigenvalue weighted by atomic mass is 10.2. The van der Waals surface area contributed by atoms with Crippen molar-refractivity contribution in [2.24, 2.45) is 0 Å². The summed E-state index contributed by atoms with van der Waals surface area (Å²) in [5.41, 5.74) is 2.03. The minimum absolute atomic E-state index is 0.493. The highest BCUT2D eigenvalue weighted by atomic mass is 16.5. The molecule has 0 bridgehead atoms. The van der Waals surface area contributed by atoms with E-state index in [1.54, 1.807) is 0 Å². The maximum Gasteiger partial charge on any atom is 0.213 e. The number of ether oxygens (including phenoxy) is 1. The molecule has 1 heterocycles. The molecule has 86 valence electrons. The first-order valence-corrected chi connectivity index (χ1v) is 5.65. The average molecular weight is 217 g/mol. The van der Waals surface area contributed by atoms with E-state index < -0.39 is 0 Å². The first-order chi connectivity index (χ1) is 7.76. The molecular formula is C14H19NO. The highest BCUT2D eigenvalue weighted by Crippen LogP contribution is 2.10. The molecule has 1 aromatic rings. The fraction of sp³-hybridized carbons (Fsp3) is 0.357. The number of hydrogen-bond donors (Lipinski definition) is 0. The second kappa shape index (κ2) is 6.83. The third-order valence-corrected chi connectivity index (χ3v) is 2.10. The van der Waals surface area contributed by atoms with E-state index in [9.17, 15) is 0 Å². The molecule has 0 aliphatic heterocycles. The Hall–Kier alpha value is -1.57. The van der Waals surface area contributed by atoms with Gasteiger partial charge in [0.15, 0.2) is 0 Å². The van der Waals surface area contributed by atoms with Gasteiger partial charge in [-0.1, -0.05) is 38.1 Å². The van der Waals surface area contributed by atoms with Crippen LogP contribution in [0.1, 0.15) is 26.0 Å². The molecule has 0 aromatic carbocycles. The van der Waals surface area contributed by atoms with Gasteiger partial charge in [0.05, 0.1) is 0 Å². The Kier molecular flexibility index (Phi) is 5.34. The first kappa shape index (κ1) is 12.5. The molecule has 0 aliphatic rings. The summed E-state index contributed by atoms with van der Waals surface area (Å²) in [6, 6.07) is 5.88. The van der Waals surface area contributed by atoms with E-state index in [1.807, 2.05) is 37.3 Å². The quantitative estimate of drug-likeness (QED) is 0.680. The predicted molar refractivity (Wildman–Crippen MR) is 67.7 cm³/mol. The van der Waals surface area contributed by atoms with Crippen molar-refractivity contribution in [1.29, 1.82) is 0 Å². The van der Waals surface area contributed by atoms with Gasteiger partial charge in [-0.3, -0.25) is 0 Å². The number of allylic oxidation sites excluding steroid dienone is 1. The van der Waals surface area contributed by atoms with E-state index in [-0.39, 0.29) is 0 Å². The number of aryl methyl sites for hydroxylation is 1.